The number of hydrogen-bond acceptors (Lipinski definition) is 4. The topological polar surface area (TPSA) is 96.7 Å². The van der Waals surface area contributed by atoms with Crippen molar-refractivity contribution in [2.24, 2.45) is 11.7 Å². The van der Waals surface area contributed by atoms with Gasteiger partial charge < -0.3 is 11.1 Å². The van der Waals surface area contributed by atoms with Crippen molar-refractivity contribution < 1.29 is 4.79 Å². The van der Waals surface area contributed by atoms with Crippen LogP contribution in [0, 0.1) is 5.92 Å². The Kier molecular flexibility index (Phi) is 2.45. The van der Waals surface area contributed by atoms with Crippen molar-refractivity contribution in [2.75, 3.05) is 6.54 Å². The minimum atomic E-state index is -0.251. The first kappa shape index (κ1) is 9.14. The number of nitrogens with zero attached hydrogens (tertiary/aromatic N) is 2. The molecule has 0 aliphatic heterocycles. The number of carbonyl (C=O) groups excluding carboxylic acids is 1. The quantitative estimate of drug-likeness (QED) is 0.590. The molecule has 0 saturated heterocycles. The van der Waals surface area contributed by atoms with Gasteiger partial charge in [0.1, 0.15) is 6.33 Å². The number of aromatic nitrogens is 3. The Labute approximate surface area is 81.3 Å². The van der Waals surface area contributed by atoms with E-state index in [1.54, 1.807) is 0 Å². The Morgan fingerprint density at radius 1 is 1.79 bits per heavy atom. The van der Waals surface area contributed by atoms with Gasteiger partial charge in [-0.15, -0.1) is 0 Å². The van der Waals surface area contributed by atoms with Crippen LogP contribution >= 0.6 is 0 Å². The Balaban J connectivity index is 1.77. The summed E-state index contributed by atoms with van der Waals surface area (Å²) in [4.78, 5) is 15.1. The molecule has 1 aromatic rings. The third kappa shape index (κ3) is 2.08. The van der Waals surface area contributed by atoms with Crippen LogP contribution in [0.25, 0.3) is 0 Å². The van der Waals surface area contributed by atoms with Gasteiger partial charge in [0.15, 0.2) is 0 Å². The number of aromatic amines is 1. The number of amides is 1. The summed E-state index contributed by atoms with van der Waals surface area (Å²) >= 11 is 0. The van der Waals surface area contributed by atoms with E-state index in [0.29, 0.717) is 12.5 Å². The lowest BCUT2D eigenvalue weighted by atomic mass is 10.2. The molecule has 1 amide bonds. The summed E-state index contributed by atoms with van der Waals surface area (Å²) in [5.74, 6) is 0.566. The van der Waals surface area contributed by atoms with Gasteiger partial charge in [-0.2, -0.15) is 5.10 Å². The van der Waals surface area contributed by atoms with Crippen LogP contribution in [-0.4, -0.2) is 33.7 Å². The summed E-state index contributed by atoms with van der Waals surface area (Å²) in [6.07, 6.45) is 3.66. The minimum absolute atomic E-state index is 0.0712. The molecule has 1 saturated carbocycles. The van der Waals surface area contributed by atoms with E-state index in [0.717, 1.165) is 0 Å². The summed E-state index contributed by atoms with van der Waals surface area (Å²) in [6.45, 7) is 0.504. The van der Waals surface area contributed by atoms with E-state index >= 15 is 0 Å². The molecule has 0 spiro atoms. The predicted molar refractivity (Wildman–Crippen MR) is 49.4 cm³/mol. The van der Waals surface area contributed by atoms with Gasteiger partial charge in [-0.25, -0.2) is 4.98 Å². The van der Waals surface area contributed by atoms with Gasteiger partial charge in [-0.3, -0.25) is 9.89 Å². The molecule has 6 heteroatoms. The first-order chi connectivity index (χ1) is 6.77. The molecular formula is C8H13N5O. The Morgan fingerprint density at radius 3 is 3.14 bits per heavy atom. The van der Waals surface area contributed by atoms with E-state index < -0.39 is 0 Å². The van der Waals surface area contributed by atoms with Gasteiger partial charge in [-0.1, -0.05) is 0 Å². The van der Waals surface area contributed by atoms with Crippen molar-refractivity contribution in [3.63, 3.8) is 0 Å². The molecule has 1 aliphatic rings. The van der Waals surface area contributed by atoms with Gasteiger partial charge >= 0.3 is 0 Å². The molecule has 6 nitrogen and oxygen atoms in total. The number of hydrogen-bond donors (Lipinski definition) is 3. The zero-order valence-electron chi connectivity index (χ0n) is 7.73. The molecule has 1 fully saturated rings. The van der Waals surface area contributed by atoms with Crippen molar-refractivity contribution in [1.82, 2.24) is 20.5 Å². The fourth-order valence-corrected chi connectivity index (χ4v) is 1.30. The number of carbonyl (C=O) groups is 1. The SMILES string of the molecule is NC(CNC(=O)c1ncn[nH]1)C1CC1. The fraction of sp³-hybridized carbons (Fsp3) is 0.625. The summed E-state index contributed by atoms with van der Waals surface area (Å²) in [6, 6.07) is 0.0712. The van der Waals surface area contributed by atoms with Crippen molar-refractivity contribution >= 4 is 5.91 Å². The molecule has 1 unspecified atom stereocenters. The zero-order valence-corrected chi connectivity index (χ0v) is 7.73. The van der Waals surface area contributed by atoms with Crippen LogP contribution in [0.2, 0.25) is 0 Å². The molecule has 1 heterocycles. The molecule has 2 rings (SSSR count). The molecule has 1 aromatic heterocycles. The average Bonchev–Trinajstić information content (AvgIpc) is 2.90. The second-order valence-electron chi connectivity index (χ2n) is 3.55. The largest absolute Gasteiger partial charge is 0.348 e. The normalized spacial score (nSPS) is 17.8. The summed E-state index contributed by atoms with van der Waals surface area (Å²) in [5, 5.41) is 8.79. The monoisotopic (exact) mass is 195 g/mol. The highest BCUT2D eigenvalue weighted by atomic mass is 16.2. The molecule has 4 N–H and O–H groups in total. The first-order valence-corrected chi connectivity index (χ1v) is 4.66. The Hall–Kier alpha value is -1.43. The second kappa shape index (κ2) is 3.75. The lowest BCUT2D eigenvalue weighted by Gasteiger charge is -2.09. The van der Waals surface area contributed by atoms with E-state index in [-0.39, 0.29) is 17.8 Å². The van der Waals surface area contributed by atoms with Crippen molar-refractivity contribution in [2.45, 2.75) is 18.9 Å². The lowest BCUT2D eigenvalue weighted by molar-refractivity contribution is 0.0940. The van der Waals surface area contributed by atoms with Gasteiger partial charge in [-0.05, 0) is 18.8 Å². The summed E-state index contributed by atoms with van der Waals surface area (Å²) < 4.78 is 0. The molecule has 1 atom stereocenters. The highest BCUT2D eigenvalue weighted by molar-refractivity contribution is 5.90. The maximum Gasteiger partial charge on any atom is 0.288 e. The summed E-state index contributed by atoms with van der Waals surface area (Å²) in [7, 11) is 0. The standard InChI is InChI=1S/C8H13N5O/c9-6(5-1-2-5)3-10-8(14)7-11-4-12-13-7/h4-6H,1-3,9H2,(H,10,14)(H,11,12,13). The Morgan fingerprint density at radius 2 is 2.57 bits per heavy atom. The van der Waals surface area contributed by atoms with E-state index in [2.05, 4.69) is 20.5 Å². The van der Waals surface area contributed by atoms with Crippen LogP contribution in [0.1, 0.15) is 23.5 Å². The number of nitrogens with one attached hydrogen (secondary N) is 2. The Bertz CT molecular complexity index is 306. The number of H-pyrrole nitrogens is 1. The zero-order chi connectivity index (χ0) is 9.97. The number of rotatable bonds is 4. The average molecular weight is 195 g/mol. The molecular weight excluding hydrogens is 182 g/mol. The van der Waals surface area contributed by atoms with Crippen LogP contribution < -0.4 is 11.1 Å². The highest BCUT2D eigenvalue weighted by Gasteiger charge is 2.28. The van der Waals surface area contributed by atoms with Crippen LogP contribution in [0.4, 0.5) is 0 Å². The van der Waals surface area contributed by atoms with Crippen LogP contribution in [-0.2, 0) is 0 Å². The maximum atomic E-state index is 11.4. The summed E-state index contributed by atoms with van der Waals surface area (Å²) in [5.41, 5.74) is 5.82. The van der Waals surface area contributed by atoms with E-state index in [4.69, 9.17) is 5.73 Å². The smallest absolute Gasteiger partial charge is 0.288 e. The van der Waals surface area contributed by atoms with Crippen molar-refractivity contribution in [3.05, 3.63) is 12.2 Å². The van der Waals surface area contributed by atoms with E-state index in [1.165, 1.54) is 19.2 Å². The van der Waals surface area contributed by atoms with E-state index in [9.17, 15) is 4.79 Å². The highest BCUT2D eigenvalue weighted by Crippen LogP contribution is 2.31. The van der Waals surface area contributed by atoms with Crippen LogP contribution in [0.15, 0.2) is 6.33 Å². The second-order valence-corrected chi connectivity index (χ2v) is 3.55. The number of nitrogens with two attached hydrogens (primary N) is 1. The molecule has 76 valence electrons. The third-order valence-corrected chi connectivity index (χ3v) is 2.36. The minimum Gasteiger partial charge on any atom is -0.348 e. The van der Waals surface area contributed by atoms with E-state index in [1.807, 2.05) is 0 Å². The van der Waals surface area contributed by atoms with Crippen molar-refractivity contribution in [3.8, 4) is 0 Å². The van der Waals surface area contributed by atoms with Gasteiger partial charge in [0.05, 0.1) is 0 Å². The molecule has 0 aromatic carbocycles. The fourth-order valence-electron chi connectivity index (χ4n) is 1.30. The van der Waals surface area contributed by atoms with Crippen LogP contribution in [0.3, 0.4) is 0 Å². The molecule has 0 radical (unpaired) electrons. The maximum absolute atomic E-state index is 11.4. The van der Waals surface area contributed by atoms with Crippen molar-refractivity contribution in [1.29, 1.82) is 0 Å². The first-order valence-electron chi connectivity index (χ1n) is 4.66. The third-order valence-electron chi connectivity index (χ3n) is 2.36. The predicted octanol–water partition coefficient (Wildman–Crippen LogP) is -0.728. The van der Waals surface area contributed by atoms with Gasteiger partial charge in [0.25, 0.3) is 5.91 Å². The lowest BCUT2D eigenvalue weighted by Crippen LogP contribution is -2.38. The van der Waals surface area contributed by atoms with Gasteiger partial charge in [0, 0.05) is 12.6 Å². The molecule has 1 aliphatic carbocycles. The molecule has 14 heavy (non-hydrogen) atoms. The van der Waals surface area contributed by atoms with Gasteiger partial charge in [0.2, 0.25) is 5.82 Å². The molecule has 0 bridgehead atoms. The van der Waals surface area contributed by atoms with Crippen LogP contribution in [0.5, 0.6) is 0 Å².